The first kappa shape index (κ1) is 108. The van der Waals surface area contributed by atoms with Gasteiger partial charge in [0.1, 0.15) is 0 Å². The molecule has 0 aliphatic rings. The van der Waals surface area contributed by atoms with E-state index in [9.17, 15) is 0 Å². The Morgan fingerprint density at radius 3 is 0.375 bits per heavy atom. The van der Waals surface area contributed by atoms with Crippen LogP contribution in [0.25, 0.3) is 0 Å². The van der Waals surface area contributed by atoms with Gasteiger partial charge in [0, 0.05) is 0 Å². The first-order valence-electron chi connectivity index (χ1n) is 2.00. The van der Waals surface area contributed by atoms with E-state index < -0.39 is 0 Å². The Kier molecular flexibility index (Phi) is 123000. The lowest BCUT2D eigenvalue weighted by atomic mass is 11.0. The van der Waals surface area contributed by atoms with Crippen molar-refractivity contribution in [3.63, 3.8) is 0 Å². The summed E-state index contributed by atoms with van der Waals surface area (Å²) in [5.74, 6) is 0. The minimum Gasteiger partial charge on any atom is -0.412 e. The second-order valence-corrected chi connectivity index (χ2v) is 0. The average Bonchev–Trinajstić information content (AvgIpc) is 1.50. The maximum absolute atomic E-state index is 2.00. The van der Waals surface area contributed by atoms with Crippen molar-refractivity contribution >= 4 is 0 Å². The van der Waals surface area contributed by atoms with Crippen LogP contribution in [0.15, 0.2) is 0 Å². The molecule has 60 valence electrons. The molecular formula is C4H20O4. The molecular weight excluding hydrogens is 112 g/mol. The molecule has 0 aliphatic carbocycles. The SMILES string of the molecule is CC.CC.O.O.O.O. The Balaban J connectivity index is -0.00000000167. The third-order valence-corrected chi connectivity index (χ3v) is 0. The zero-order valence-electron chi connectivity index (χ0n) is 6.00. The second kappa shape index (κ2) is 9110. The molecule has 0 amide bonds. The van der Waals surface area contributed by atoms with Crippen molar-refractivity contribution in [3.05, 3.63) is 0 Å². The zero-order valence-corrected chi connectivity index (χ0v) is 6.00. The first-order chi connectivity index (χ1) is 2.00. The van der Waals surface area contributed by atoms with E-state index in [0.29, 0.717) is 0 Å². The molecule has 0 unspecified atom stereocenters. The van der Waals surface area contributed by atoms with Gasteiger partial charge in [0.25, 0.3) is 0 Å². The third kappa shape index (κ3) is 5340. The molecule has 0 aliphatic heterocycles. The summed E-state index contributed by atoms with van der Waals surface area (Å²) in [6, 6.07) is 0. The molecule has 0 bridgehead atoms. The van der Waals surface area contributed by atoms with Crippen LogP contribution < -0.4 is 0 Å². The minimum atomic E-state index is 0. The number of hydrogen-bond donors (Lipinski definition) is 0. The largest absolute Gasteiger partial charge is 0.412 e. The van der Waals surface area contributed by atoms with E-state index >= 15 is 0 Å². The monoisotopic (exact) mass is 132 g/mol. The molecule has 0 rings (SSSR count). The highest BCUT2D eigenvalue weighted by Gasteiger charge is 0.934. The van der Waals surface area contributed by atoms with Crippen LogP contribution in [0.4, 0.5) is 0 Å². The van der Waals surface area contributed by atoms with Crippen LogP contribution in [0, 0.1) is 0 Å². The fourth-order valence-electron chi connectivity index (χ4n) is 0. The standard InChI is InChI=1S/2C2H6.4H2O/c2*1-2;;;;/h2*1-2H3;4*1H2. The van der Waals surface area contributed by atoms with Gasteiger partial charge in [0.05, 0.1) is 0 Å². The molecule has 0 fully saturated rings. The number of hydrogen-bond acceptors (Lipinski definition) is 0. The van der Waals surface area contributed by atoms with Crippen LogP contribution in [0.3, 0.4) is 0 Å². The molecule has 8 heavy (non-hydrogen) atoms. The molecule has 0 saturated carbocycles. The fraction of sp³-hybridized carbons (Fsp3) is 1.00. The van der Waals surface area contributed by atoms with Crippen LogP contribution >= 0.6 is 0 Å². The van der Waals surface area contributed by atoms with Crippen molar-refractivity contribution in [1.82, 2.24) is 0 Å². The second-order valence-electron chi connectivity index (χ2n) is 0. The summed E-state index contributed by atoms with van der Waals surface area (Å²) in [7, 11) is 0. The highest BCUT2D eigenvalue weighted by Crippen LogP contribution is 1.15. The molecule has 0 saturated heterocycles. The summed E-state index contributed by atoms with van der Waals surface area (Å²) in [5, 5.41) is 0. The quantitative estimate of drug-likeness (QED) is 0.390. The first-order valence-corrected chi connectivity index (χ1v) is 2.00. The van der Waals surface area contributed by atoms with Crippen LogP contribution in [-0.2, 0) is 0 Å². The topological polar surface area (TPSA) is 126 Å². The van der Waals surface area contributed by atoms with E-state index in [1.807, 2.05) is 27.7 Å². The Labute approximate surface area is 50.8 Å². The zero-order chi connectivity index (χ0) is 4.00. The minimum absolute atomic E-state index is 0. The lowest BCUT2D eigenvalue weighted by molar-refractivity contribution is 0.823. The summed E-state index contributed by atoms with van der Waals surface area (Å²) in [6.45, 7) is 8.00. The van der Waals surface area contributed by atoms with E-state index in [1.54, 1.807) is 0 Å². The van der Waals surface area contributed by atoms with Gasteiger partial charge in [-0.2, -0.15) is 0 Å². The summed E-state index contributed by atoms with van der Waals surface area (Å²) in [6.07, 6.45) is 0. The summed E-state index contributed by atoms with van der Waals surface area (Å²) in [5.41, 5.74) is 0. The van der Waals surface area contributed by atoms with Gasteiger partial charge < -0.3 is 21.9 Å². The van der Waals surface area contributed by atoms with E-state index in [4.69, 9.17) is 0 Å². The number of rotatable bonds is 0. The van der Waals surface area contributed by atoms with E-state index in [1.165, 1.54) is 0 Å². The van der Waals surface area contributed by atoms with Gasteiger partial charge >= 0.3 is 0 Å². The van der Waals surface area contributed by atoms with Crippen LogP contribution in [0.1, 0.15) is 27.7 Å². The van der Waals surface area contributed by atoms with Crippen molar-refractivity contribution in [2.75, 3.05) is 0 Å². The fourth-order valence-corrected chi connectivity index (χ4v) is 0. The molecule has 4 heteroatoms. The summed E-state index contributed by atoms with van der Waals surface area (Å²) in [4.78, 5) is 0. The highest BCUT2D eigenvalue weighted by atomic mass is 16.0. The lowest BCUT2D eigenvalue weighted by Crippen LogP contribution is -0.856. The van der Waals surface area contributed by atoms with Gasteiger partial charge in [0.15, 0.2) is 0 Å². The molecule has 0 aromatic heterocycles. The van der Waals surface area contributed by atoms with Crippen molar-refractivity contribution in [2.24, 2.45) is 0 Å². The molecule has 0 aromatic carbocycles. The van der Waals surface area contributed by atoms with E-state index in [0.717, 1.165) is 0 Å². The van der Waals surface area contributed by atoms with Gasteiger partial charge in [-0.25, -0.2) is 0 Å². The lowest BCUT2D eigenvalue weighted by Gasteiger charge is -1.07. The third-order valence-electron chi connectivity index (χ3n) is 0. The van der Waals surface area contributed by atoms with Gasteiger partial charge in [-0.3, -0.25) is 0 Å². The predicted molar refractivity (Wildman–Crippen MR) is 37.2 cm³/mol. The van der Waals surface area contributed by atoms with Crippen molar-refractivity contribution in [3.8, 4) is 0 Å². The Bertz CT molecular complexity index is 8.00. The van der Waals surface area contributed by atoms with Crippen molar-refractivity contribution in [2.45, 2.75) is 27.7 Å². The summed E-state index contributed by atoms with van der Waals surface area (Å²) < 4.78 is 0. The smallest absolute Gasteiger partial charge is 0.0683 e. The molecule has 0 atom stereocenters. The van der Waals surface area contributed by atoms with Crippen molar-refractivity contribution in [1.29, 1.82) is 0 Å². The normalized spacial score (nSPS) is 1.50. The maximum Gasteiger partial charge on any atom is -0.0683 e. The predicted octanol–water partition coefficient (Wildman–Crippen LogP) is -1.25. The van der Waals surface area contributed by atoms with Crippen LogP contribution in [-0.4, -0.2) is 21.9 Å². The highest BCUT2D eigenvalue weighted by molar-refractivity contribution is 3.51. The molecule has 8 N–H and O–H groups in total. The maximum atomic E-state index is 2.00. The molecule has 4 nitrogen and oxygen atoms in total. The van der Waals surface area contributed by atoms with E-state index in [-0.39, 0.29) is 21.9 Å². The Morgan fingerprint density at radius 2 is 0.375 bits per heavy atom. The Hall–Kier alpha value is -0.160. The molecule has 0 aromatic rings. The molecule has 0 radical (unpaired) electrons. The average molecular weight is 132 g/mol. The molecule has 0 heterocycles. The Morgan fingerprint density at radius 1 is 0.375 bits per heavy atom. The summed E-state index contributed by atoms with van der Waals surface area (Å²) >= 11 is 0. The van der Waals surface area contributed by atoms with E-state index in [2.05, 4.69) is 0 Å². The van der Waals surface area contributed by atoms with Crippen molar-refractivity contribution < 1.29 is 21.9 Å². The van der Waals surface area contributed by atoms with Gasteiger partial charge in [-0.15, -0.1) is 0 Å². The van der Waals surface area contributed by atoms with Crippen LogP contribution in [0.5, 0.6) is 0 Å². The van der Waals surface area contributed by atoms with Gasteiger partial charge in [0.2, 0.25) is 0 Å². The molecule has 0 spiro atoms. The van der Waals surface area contributed by atoms with Crippen LogP contribution in [0.2, 0.25) is 0 Å². The van der Waals surface area contributed by atoms with Gasteiger partial charge in [-0.1, -0.05) is 27.7 Å². The van der Waals surface area contributed by atoms with Gasteiger partial charge in [-0.05, 0) is 0 Å².